The second-order valence-corrected chi connectivity index (χ2v) is 12.1. The quantitative estimate of drug-likeness (QED) is 0.336. The molecule has 2 saturated heterocycles. The Labute approximate surface area is 254 Å². The van der Waals surface area contributed by atoms with Crippen molar-refractivity contribution in [3.05, 3.63) is 68.4 Å². The minimum absolute atomic E-state index is 0.0464. The van der Waals surface area contributed by atoms with Crippen LogP contribution in [0.4, 0.5) is 14.5 Å². The highest BCUT2D eigenvalue weighted by molar-refractivity contribution is 8.26. The number of nitrogens with one attached hydrogen (secondary N) is 1. The molecular weight excluding hydrogens is 600 g/mol. The van der Waals surface area contributed by atoms with Gasteiger partial charge in [-0.3, -0.25) is 19.8 Å². The van der Waals surface area contributed by atoms with Gasteiger partial charge in [0.1, 0.15) is 17.1 Å². The van der Waals surface area contributed by atoms with Crippen molar-refractivity contribution < 1.29 is 27.8 Å². The third-order valence-electron chi connectivity index (χ3n) is 7.79. The molecule has 3 aliphatic rings. The number of nitrogens with zero attached hydrogens (tertiary/aromatic N) is 4. The molecule has 2 aromatic carbocycles. The fourth-order valence-electron chi connectivity index (χ4n) is 5.31. The van der Waals surface area contributed by atoms with Crippen LogP contribution in [-0.4, -0.2) is 70.1 Å². The number of hydrogen-bond donors (Lipinski definition) is 1. The zero-order valence-electron chi connectivity index (χ0n) is 23.5. The number of carbonyl (C=O) groups is 2. The van der Waals surface area contributed by atoms with E-state index in [0.717, 1.165) is 22.8 Å². The second-order valence-electron chi connectivity index (χ2n) is 10.4. The molecule has 3 aliphatic heterocycles. The third-order valence-corrected chi connectivity index (χ3v) is 9.09. The predicted molar refractivity (Wildman–Crippen MR) is 163 cm³/mol. The molecule has 1 unspecified atom stereocenters. The van der Waals surface area contributed by atoms with Crippen molar-refractivity contribution in [2.45, 2.75) is 26.4 Å². The number of halogens is 2. The predicted octanol–water partition coefficient (Wildman–Crippen LogP) is 3.71. The standard InChI is InChI=1S/C29H27F2N5O5S2/c1-4-34-13-18(26(37)17-11-19(30)25(23(31)24(17)34)35-8-7-33(3)15(2)12-35)27(38)32-36-28(39)22(43-29(36)42)10-16-5-6-20-21(9-16)41-14-40-20/h5-6,9-11,13,15H,4,7-8,12,14H2,1-3H3,(H,32,38)/b22-10-. The lowest BCUT2D eigenvalue weighted by Crippen LogP contribution is -2.50. The summed E-state index contributed by atoms with van der Waals surface area (Å²) < 4.78 is 43.5. The number of anilines is 1. The van der Waals surface area contributed by atoms with E-state index in [-0.39, 0.29) is 50.8 Å². The number of thioether (sulfide) groups is 1. The smallest absolute Gasteiger partial charge is 0.285 e. The first kappa shape index (κ1) is 29.1. The number of fused-ring (bicyclic) bond motifs is 2. The molecule has 2 fully saturated rings. The van der Waals surface area contributed by atoms with Gasteiger partial charge < -0.3 is 23.8 Å². The largest absolute Gasteiger partial charge is 0.454 e. The molecule has 1 atom stereocenters. The van der Waals surface area contributed by atoms with Crippen molar-refractivity contribution in [3.63, 3.8) is 0 Å². The van der Waals surface area contributed by atoms with Gasteiger partial charge in [0.2, 0.25) is 12.2 Å². The Morgan fingerprint density at radius 2 is 1.95 bits per heavy atom. The van der Waals surface area contributed by atoms with E-state index < -0.39 is 28.9 Å². The molecule has 4 heterocycles. The summed E-state index contributed by atoms with van der Waals surface area (Å²) in [6, 6.07) is 6.23. The molecule has 43 heavy (non-hydrogen) atoms. The summed E-state index contributed by atoms with van der Waals surface area (Å²) in [6.45, 7) is 5.45. The Morgan fingerprint density at radius 3 is 2.70 bits per heavy atom. The fraction of sp³-hybridized carbons (Fsp3) is 0.310. The number of thiocarbonyl (C=S) groups is 1. The average Bonchev–Trinajstić information content (AvgIpc) is 3.55. The molecule has 3 aromatic rings. The van der Waals surface area contributed by atoms with Crippen LogP contribution in [0, 0.1) is 11.6 Å². The van der Waals surface area contributed by atoms with Crippen LogP contribution in [0.5, 0.6) is 11.5 Å². The highest BCUT2D eigenvalue weighted by Crippen LogP contribution is 2.36. The molecule has 0 radical (unpaired) electrons. The van der Waals surface area contributed by atoms with Gasteiger partial charge >= 0.3 is 0 Å². The van der Waals surface area contributed by atoms with E-state index in [2.05, 4.69) is 10.3 Å². The summed E-state index contributed by atoms with van der Waals surface area (Å²) in [5.41, 5.74) is 1.51. The lowest BCUT2D eigenvalue weighted by molar-refractivity contribution is -0.123. The van der Waals surface area contributed by atoms with Crippen LogP contribution in [0.1, 0.15) is 29.8 Å². The maximum absolute atomic E-state index is 16.0. The number of rotatable bonds is 5. The molecular formula is C29H27F2N5O5S2. The van der Waals surface area contributed by atoms with E-state index in [0.29, 0.717) is 36.7 Å². The normalized spacial score (nSPS) is 19.7. The lowest BCUT2D eigenvalue weighted by Gasteiger charge is -2.39. The average molecular weight is 628 g/mol. The van der Waals surface area contributed by atoms with E-state index in [1.807, 2.05) is 14.0 Å². The lowest BCUT2D eigenvalue weighted by atomic mass is 10.1. The van der Waals surface area contributed by atoms with Crippen LogP contribution in [0.15, 0.2) is 40.2 Å². The number of aromatic nitrogens is 1. The zero-order chi connectivity index (χ0) is 30.6. The molecule has 6 rings (SSSR count). The van der Waals surface area contributed by atoms with Crippen LogP contribution < -0.4 is 25.2 Å². The van der Waals surface area contributed by atoms with Crippen LogP contribution in [0.2, 0.25) is 0 Å². The number of hydrazine groups is 1. The van der Waals surface area contributed by atoms with Crippen LogP contribution in [0.3, 0.4) is 0 Å². The van der Waals surface area contributed by atoms with Gasteiger partial charge in [-0.15, -0.1) is 0 Å². The molecule has 0 aliphatic carbocycles. The maximum atomic E-state index is 16.0. The van der Waals surface area contributed by atoms with Crippen LogP contribution in [-0.2, 0) is 11.3 Å². The molecule has 0 saturated carbocycles. The number of aryl methyl sites for hydroxylation is 1. The minimum atomic E-state index is -0.937. The summed E-state index contributed by atoms with van der Waals surface area (Å²) in [5.74, 6) is -2.14. The number of benzene rings is 2. The van der Waals surface area contributed by atoms with Gasteiger partial charge in [-0.2, -0.15) is 5.01 Å². The first-order valence-electron chi connectivity index (χ1n) is 13.6. The van der Waals surface area contributed by atoms with Crippen molar-refractivity contribution in [2.75, 3.05) is 38.4 Å². The van der Waals surface area contributed by atoms with E-state index in [1.54, 1.807) is 36.1 Å². The van der Waals surface area contributed by atoms with Crippen LogP contribution in [0.25, 0.3) is 17.0 Å². The molecule has 1 aromatic heterocycles. The molecule has 0 spiro atoms. The summed E-state index contributed by atoms with van der Waals surface area (Å²) in [4.78, 5) is 43.9. The maximum Gasteiger partial charge on any atom is 0.285 e. The number of ether oxygens (including phenoxy) is 2. The number of piperazine rings is 1. The van der Waals surface area contributed by atoms with Gasteiger partial charge in [-0.05, 0) is 63.0 Å². The van der Waals surface area contributed by atoms with Gasteiger partial charge in [-0.1, -0.05) is 17.8 Å². The van der Waals surface area contributed by atoms with Crippen molar-refractivity contribution in [1.29, 1.82) is 0 Å². The van der Waals surface area contributed by atoms with E-state index >= 15 is 8.78 Å². The summed E-state index contributed by atoms with van der Waals surface area (Å²) in [6.07, 6.45) is 2.81. The molecule has 1 N–H and O–H groups in total. The first-order chi connectivity index (χ1) is 20.6. The van der Waals surface area contributed by atoms with Gasteiger partial charge in [-0.25, -0.2) is 8.78 Å². The molecule has 2 amide bonds. The van der Waals surface area contributed by atoms with Crippen molar-refractivity contribution in [1.82, 2.24) is 19.9 Å². The topological polar surface area (TPSA) is 96.3 Å². The van der Waals surface area contributed by atoms with Crippen molar-refractivity contribution >= 4 is 62.8 Å². The molecule has 10 nitrogen and oxygen atoms in total. The van der Waals surface area contributed by atoms with Gasteiger partial charge in [0.15, 0.2) is 21.6 Å². The van der Waals surface area contributed by atoms with E-state index in [1.165, 1.54) is 10.8 Å². The number of amides is 2. The second kappa shape index (κ2) is 11.2. The molecule has 0 bridgehead atoms. The molecule has 14 heteroatoms. The van der Waals surface area contributed by atoms with Crippen molar-refractivity contribution in [2.24, 2.45) is 0 Å². The SMILES string of the molecule is CCn1cc(C(=O)NN2C(=O)/C(=C/c3ccc4c(c3)OCO4)SC2=S)c(=O)c2cc(F)c(N3CCN(C)C(C)C3)c(F)c21. The van der Waals surface area contributed by atoms with E-state index in [9.17, 15) is 14.4 Å². The zero-order valence-corrected chi connectivity index (χ0v) is 25.1. The summed E-state index contributed by atoms with van der Waals surface area (Å²) >= 11 is 6.29. The number of hydrogen-bond acceptors (Lipinski definition) is 9. The number of likely N-dealkylation sites (N-methyl/N-ethyl adjacent to an activating group) is 1. The Hall–Kier alpha value is -4.01. The van der Waals surface area contributed by atoms with Gasteiger partial charge in [0.25, 0.3) is 11.8 Å². The summed E-state index contributed by atoms with van der Waals surface area (Å²) in [5, 5.41) is 0.600. The van der Waals surface area contributed by atoms with Gasteiger partial charge in [0, 0.05) is 38.4 Å². The minimum Gasteiger partial charge on any atom is -0.454 e. The number of carbonyl (C=O) groups excluding carboxylic acids is 2. The number of pyridine rings is 1. The highest BCUT2D eigenvalue weighted by Gasteiger charge is 2.35. The van der Waals surface area contributed by atoms with Crippen LogP contribution >= 0.6 is 24.0 Å². The monoisotopic (exact) mass is 627 g/mol. The Morgan fingerprint density at radius 1 is 1.19 bits per heavy atom. The third kappa shape index (κ3) is 5.12. The molecule has 224 valence electrons. The van der Waals surface area contributed by atoms with Crippen molar-refractivity contribution in [3.8, 4) is 11.5 Å². The Balaban J connectivity index is 1.30. The Kier molecular flexibility index (Phi) is 7.60. The van der Waals surface area contributed by atoms with E-state index in [4.69, 9.17) is 21.7 Å². The Bertz CT molecular complexity index is 1800. The fourth-order valence-corrected chi connectivity index (χ4v) is 6.49. The summed E-state index contributed by atoms with van der Waals surface area (Å²) in [7, 11) is 1.95. The highest BCUT2D eigenvalue weighted by atomic mass is 32.2. The van der Waals surface area contributed by atoms with Gasteiger partial charge in [0.05, 0.1) is 15.8 Å². The first-order valence-corrected chi connectivity index (χ1v) is 14.8.